The summed E-state index contributed by atoms with van der Waals surface area (Å²) in [5.74, 6) is 3.11. The normalized spacial score (nSPS) is 20.0. The van der Waals surface area contributed by atoms with Crippen molar-refractivity contribution in [3.63, 3.8) is 0 Å². The highest BCUT2D eigenvalue weighted by atomic mass is 16.6. The van der Waals surface area contributed by atoms with Crippen molar-refractivity contribution in [2.75, 3.05) is 59.1 Å². The van der Waals surface area contributed by atoms with E-state index < -0.39 is 9.85 Å². The van der Waals surface area contributed by atoms with Crippen LogP contribution in [0.25, 0.3) is 0 Å². The lowest BCUT2D eigenvalue weighted by atomic mass is 9.97. The first-order chi connectivity index (χ1) is 29.0. The number of nitro benzene ring substituents is 2. The second-order valence-electron chi connectivity index (χ2n) is 16.5. The molecule has 0 aromatic heterocycles. The monoisotopic (exact) mass is 829 g/mol. The fourth-order valence-corrected chi connectivity index (χ4v) is 8.02. The third-order valence-corrected chi connectivity index (χ3v) is 11.8. The van der Waals surface area contributed by atoms with Crippen molar-refractivity contribution in [1.82, 2.24) is 14.7 Å². The van der Waals surface area contributed by atoms with Crippen LogP contribution < -0.4 is 14.2 Å². The molecule has 0 radical (unpaired) electrons. The predicted molar refractivity (Wildman–Crippen MR) is 237 cm³/mol. The van der Waals surface area contributed by atoms with Gasteiger partial charge in [0.05, 0.1) is 41.3 Å². The number of ether oxygens (including phenoxy) is 3. The van der Waals surface area contributed by atoms with Crippen molar-refractivity contribution in [2.24, 2.45) is 5.92 Å². The minimum Gasteiger partial charge on any atom is -0.494 e. The number of hydrogen-bond donors (Lipinski definition) is 0. The number of nitrogens with zero attached hydrogens (tertiary/aromatic N) is 6. The second kappa shape index (κ2) is 26.4. The number of nitriles is 1. The van der Waals surface area contributed by atoms with Gasteiger partial charge in [-0.3, -0.25) is 25.1 Å². The summed E-state index contributed by atoms with van der Waals surface area (Å²) in [6.45, 7) is 18.1. The fraction of sp³-hybridized carbons (Fsp3) is 0.596. The molecule has 0 N–H and O–H groups in total. The van der Waals surface area contributed by atoms with Gasteiger partial charge in [-0.05, 0) is 153 Å². The molecule has 3 aliphatic heterocycles. The van der Waals surface area contributed by atoms with Crippen LogP contribution in [0.4, 0.5) is 11.4 Å². The molecule has 3 aliphatic rings. The quantitative estimate of drug-likeness (QED) is 0.0728. The summed E-state index contributed by atoms with van der Waals surface area (Å²) in [5.41, 5.74) is 0.868. The van der Waals surface area contributed by atoms with Gasteiger partial charge >= 0.3 is 0 Å². The number of nitro groups is 2. The van der Waals surface area contributed by atoms with E-state index in [1.54, 1.807) is 36.4 Å². The van der Waals surface area contributed by atoms with Crippen LogP contribution in [0.15, 0.2) is 72.8 Å². The zero-order valence-electron chi connectivity index (χ0n) is 36.4. The Hall–Kier alpha value is -4.77. The van der Waals surface area contributed by atoms with Crippen molar-refractivity contribution >= 4 is 11.4 Å². The maximum Gasteiger partial charge on any atom is 0.269 e. The molecule has 328 valence electrons. The summed E-state index contributed by atoms with van der Waals surface area (Å²) in [4.78, 5) is 27.9. The van der Waals surface area contributed by atoms with Crippen molar-refractivity contribution < 1.29 is 24.1 Å². The van der Waals surface area contributed by atoms with Gasteiger partial charge in [0.25, 0.3) is 11.4 Å². The van der Waals surface area contributed by atoms with E-state index in [1.165, 1.54) is 95.3 Å². The van der Waals surface area contributed by atoms with Crippen LogP contribution >= 0.6 is 0 Å². The van der Waals surface area contributed by atoms with E-state index in [0.29, 0.717) is 48.4 Å². The summed E-state index contributed by atoms with van der Waals surface area (Å²) < 4.78 is 17.0. The molecule has 3 saturated heterocycles. The first kappa shape index (κ1) is 47.9. The van der Waals surface area contributed by atoms with Crippen LogP contribution in [-0.4, -0.2) is 102 Å². The van der Waals surface area contributed by atoms with Crippen LogP contribution in [0.3, 0.4) is 0 Å². The maximum absolute atomic E-state index is 10.5. The Kier molecular flexibility index (Phi) is 21.1. The Labute approximate surface area is 357 Å². The van der Waals surface area contributed by atoms with Crippen LogP contribution in [0.2, 0.25) is 0 Å². The van der Waals surface area contributed by atoms with Gasteiger partial charge in [-0.15, -0.1) is 0 Å². The van der Waals surface area contributed by atoms with Crippen LogP contribution in [0.5, 0.6) is 17.2 Å². The Morgan fingerprint density at radius 2 is 1.03 bits per heavy atom. The molecule has 0 amide bonds. The molecule has 3 aromatic carbocycles. The number of rotatable bonds is 17. The van der Waals surface area contributed by atoms with Gasteiger partial charge in [0.2, 0.25) is 0 Å². The lowest BCUT2D eigenvalue weighted by molar-refractivity contribution is -0.385. The molecular weight excluding hydrogens is 761 g/mol. The van der Waals surface area contributed by atoms with E-state index in [4.69, 9.17) is 19.5 Å². The van der Waals surface area contributed by atoms with Crippen molar-refractivity contribution in [3.05, 3.63) is 98.6 Å². The highest BCUT2D eigenvalue weighted by molar-refractivity contribution is 5.37. The average molecular weight is 829 g/mol. The first-order valence-corrected chi connectivity index (χ1v) is 22.1. The first-order valence-electron chi connectivity index (χ1n) is 22.1. The summed E-state index contributed by atoms with van der Waals surface area (Å²) in [6, 6.07) is 24.0. The van der Waals surface area contributed by atoms with Gasteiger partial charge in [-0.2, -0.15) is 5.26 Å². The van der Waals surface area contributed by atoms with E-state index >= 15 is 0 Å². The maximum atomic E-state index is 10.5. The topological polar surface area (TPSA) is 147 Å². The smallest absolute Gasteiger partial charge is 0.269 e. The summed E-state index contributed by atoms with van der Waals surface area (Å²) in [5, 5.41) is 29.8. The van der Waals surface area contributed by atoms with Gasteiger partial charge in [-0.25, -0.2) is 0 Å². The van der Waals surface area contributed by atoms with E-state index in [2.05, 4.69) is 48.5 Å². The highest BCUT2D eigenvalue weighted by Gasteiger charge is 2.24. The zero-order valence-corrected chi connectivity index (χ0v) is 36.4. The lowest BCUT2D eigenvalue weighted by Crippen LogP contribution is -2.44. The highest BCUT2D eigenvalue weighted by Crippen LogP contribution is 2.23. The van der Waals surface area contributed by atoms with Gasteiger partial charge in [-0.1, -0.05) is 19.8 Å². The van der Waals surface area contributed by atoms with Crippen molar-refractivity contribution in [3.8, 4) is 23.3 Å². The SMILES string of the molecule is CC1CCCC(C)N1CCCOc1ccc(C#N)cc1.CC1CCCCN1CCCOc1ccc([N+](=O)[O-])cc1.CC1CCN(CCCOc2ccc([N+](=O)[O-])cc2)CC1. The molecule has 3 heterocycles. The number of likely N-dealkylation sites (tertiary alicyclic amines) is 3. The van der Waals surface area contributed by atoms with Gasteiger partial charge in [0.1, 0.15) is 17.2 Å². The molecule has 13 heteroatoms. The Morgan fingerprint density at radius 1 is 0.583 bits per heavy atom. The average Bonchev–Trinajstić information content (AvgIpc) is 3.26. The zero-order chi connectivity index (χ0) is 43.1. The Bertz CT molecular complexity index is 1700. The van der Waals surface area contributed by atoms with E-state index in [1.807, 2.05) is 12.1 Å². The van der Waals surface area contributed by atoms with E-state index in [-0.39, 0.29) is 11.4 Å². The number of piperidine rings is 3. The van der Waals surface area contributed by atoms with Gasteiger partial charge in [0, 0.05) is 62.0 Å². The second-order valence-corrected chi connectivity index (χ2v) is 16.5. The molecule has 3 aromatic rings. The lowest BCUT2D eigenvalue weighted by Gasteiger charge is -2.39. The largest absolute Gasteiger partial charge is 0.494 e. The number of benzene rings is 3. The third-order valence-electron chi connectivity index (χ3n) is 11.8. The number of hydrogen-bond acceptors (Lipinski definition) is 11. The fourth-order valence-electron chi connectivity index (χ4n) is 8.02. The standard InChI is InChI=1S/C17H24N2O.2C15H22N2O3/c1-14-5-3-6-15(2)19(14)11-4-12-20-17-9-7-16(13-18)8-10-17;1-13-7-10-16(11-8-13)9-2-12-20-15-5-3-14(4-6-15)17(18)19;1-13-5-2-3-10-16(13)11-4-12-20-15-8-6-14(7-9-15)17(18)19/h7-10,14-15H,3-6,11-12H2,1-2H3;3-6,13H,2,7-12H2,1H3;6-9,13H,2-5,10-12H2,1H3. The molecular formula is C47H68N6O7. The molecule has 3 unspecified atom stereocenters. The molecule has 0 aliphatic carbocycles. The minimum atomic E-state index is -0.402. The Balaban J connectivity index is 0.000000198. The summed E-state index contributed by atoms with van der Waals surface area (Å²) in [7, 11) is 0. The molecule has 60 heavy (non-hydrogen) atoms. The van der Waals surface area contributed by atoms with Gasteiger partial charge < -0.3 is 24.0 Å². The van der Waals surface area contributed by atoms with Crippen LogP contribution in [-0.2, 0) is 0 Å². The van der Waals surface area contributed by atoms with Crippen molar-refractivity contribution in [2.45, 2.75) is 116 Å². The predicted octanol–water partition coefficient (Wildman–Crippen LogP) is 9.92. The molecule has 0 spiro atoms. The summed E-state index contributed by atoms with van der Waals surface area (Å²) in [6.07, 6.45) is 13.6. The molecule has 3 atom stereocenters. The van der Waals surface area contributed by atoms with E-state index in [9.17, 15) is 20.2 Å². The third kappa shape index (κ3) is 17.4. The van der Waals surface area contributed by atoms with E-state index in [0.717, 1.165) is 57.2 Å². The van der Waals surface area contributed by atoms with Crippen LogP contribution in [0, 0.1) is 37.5 Å². The Morgan fingerprint density at radius 3 is 1.50 bits per heavy atom. The molecule has 13 nitrogen and oxygen atoms in total. The molecule has 0 bridgehead atoms. The number of non-ortho nitro benzene ring substituents is 2. The summed E-state index contributed by atoms with van der Waals surface area (Å²) >= 11 is 0. The molecule has 3 fully saturated rings. The molecule has 6 rings (SSSR count). The van der Waals surface area contributed by atoms with Crippen LogP contribution in [0.1, 0.15) is 104 Å². The van der Waals surface area contributed by atoms with Gasteiger partial charge in [0.15, 0.2) is 0 Å². The van der Waals surface area contributed by atoms with Crippen molar-refractivity contribution in [1.29, 1.82) is 5.26 Å². The molecule has 0 saturated carbocycles. The minimum absolute atomic E-state index is 0.0968.